The van der Waals surface area contributed by atoms with Gasteiger partial charge in [0.25, 0.3) is 5.91 Å². The first kappa shape index (κ1) is 23.3. The fourth-order valence-electron chi connectivity index (χ4n) is 2.92. The van der Waals surface area contributed by atoms with Crippen LogP contribution in [-0.2, 0) is 0 Å². The molecule has 170 valence electrons. The lowest BCUT2D eigenvalue weighted by Crippen LogP contribution is -2.18. The molecule has 0 aromatic heterocycles. The number of rotatable bonds is 8. The van der Waals surface area contributed by atoms with Gasteiger partial charge >= 0.3 is 5.97 Å². The molecule has 0 spiro atoms. The number of benzene rings is 3. The van der Waals surface area contributed by atoms with Gasteiger partial charge in [-0.05, 0) is 61.0 Å². The molecule has 8 nitrogen and oxygen atoms in total. The summed E-state index contributed by atoms with van der Waals surface area (Å²) in [7, 11) is 4.43. The van der Waals surface area contributed by atoms with Gasteiger partial charge < -0.3 is 18.9 Å². The first-order valence-electron chi connectivity index (χ1n) is 9.97. The van der Waals surface area contributed by atoms with Crippen molar-refractivity contribution in [2.24, 2.45) is 5.10 Å². The van der Waals surface area contributed by atoms with E-state index in [2.05, 4.69) is 10.5 Å². The van der Waals surface area contributed by atoms with Gasteiger partial charge in [-0.15, -0.1) is 0 Å². The standard InChI is InChI=1S/C25H24N2O6/c1-16-5-9-18(10-6-16)25(29)33-20-11-7-17(8-12-20)15-26-27-24(28)19-13-21(30-2)23(32-4)22(14-19)31-3/h5-15H,1-4H3,(H,27,28)/b26-15-. The normalized spacial score (nSPS) is 10.5. The van der Waals surface area contributed by atoms with E-state index < -0.39 is 11.9 Å². The number of hydrazone groups is 1. The van der Waals surface area contributed by atoms with E-state index in [0.717, 1.165) is 5.56 Å². The monoisotopic (exact) mass is 448 g/mol. The van der Waals surface area contributed by atoms with Crippen molar-refractivity contribution >= 4 is 18.1 Å². The maximum atomic E-state index is 12.5. The molecule has 33 heavy (non-hydrogen) atoms. The molecule has 0 bridgehead atoms. The number of ether oxygens (including phenoxy) is 4. The number of hydrogen-bond donors (Lipinski definition) is 1. The van der Waals surface area contributed by atoms with Crippen LogP contribution in [0.1, 0.15) is 31.8 Å². The van der Waals surface area contributed by atoms with Gasteiger partial charge in [0.1, 0.15) is 5.75 Å². The topological polar surface area (TPSA) is 95.5 Å². The average molecular weight is 448 g/mol. The third-order valence-electron chi connectivity index (χ3n) is 4.68. The van der Waals surface area contributed by atoms with Crippen LogP contribution in [0.4, 0.5) is 0 Å². The van der Waals surface area contributed by atoms with Gasteiger partial charge in [0, 0.05) is 5.56 Å². The Hall–Kier alpha value is -4.33. The van der Waals surface area contributed by atoms with Crippen molar-refractivity contribution in [2.75, 3.05) is 21.3 Å². The minimum atomic E-state index is -0.450. The van der Waals surface area contributed by atoms with Gasteiger partial charge in [0.2, 0.25) is 5.75 Å². The van der Waals surface area contributed by atoms with Crippen molar-refractivity contribution in [2.45, 2.75) is 6.92 Å². The molecule has 0 aliphatic heterocycles. The molecule has 0 radical (unpaired) electrons. The molecule has 3 rings (SSSR count). The molecule has 0 aliphatic carbocycles. The third-order valence-corrected chi connectivity index (χ3v) is 4.68. The van der Waals surface area contributed by atoms with Crippen molar-refractivity contribution < 1.29 is 28.5 Å². The smallest absolute Gasteiger partial charge is 0.343 e. The van der Waals surface area contributed by atoms with E-state index in [0.29, 0.717) is 39.7 Å². The van der Waals surface area contributed by atoms with E-state index in [4.69, 9.17) is 18.9 Å². The number of hydrogen-bond acceptors (Lipinski definition) is 7. The second kappa shape index (κ2) is 10.8. The summed E-state index contributed by atoms with van der Waals surface area (Å²) in [4.78, 5) is 24.7. The molecule has 0 saturated heterocycles. The molecule has 0 unspecified atom stereocenters. The molecule has 0 fully saturated rings. The van der Waals surface area contributed by atoms with Gasteiger partial charge in [-0.25, -0.2) is 10.2 Å². The van der Waals surface area contributed by atoms with E-state index in [1.54, 1.807) is 36.4 Å². The van der Waals surface area contributed by atoms with Crippen molar-refractivity contribution in [1.82, 2.24) is 5.43 Å². The number of nitrogens with zero attached hydrogens (tertiary/aromatic N) is 1. The highest BCUT2D eigenvalue weighted by molar-refractivity contribution is 5.96. The van der Waals surface area contributed by atoms with Crippen LogP contribution >= 0.6 is 0 Å². The van der Waals surface area contributed by atoms with E-state index in [1.807, 2.05) is 19.1 Å². The maximum Gasteiger partial charge on any atom is 0.343 e. The molecule has 0 heterocycles. The highest BCUT2D eigenvalue weighted by Crippen LogP contribution is 2.38. The number of carbonyl (C=O) groups is 2. The Bertz CT molecular complexity index is 1130. The summed E-state index contributed by atoms with van der Waals surface area (Å²) in [5.74, 6) is 0.633. The lowest BCUT2D eigenvalue weighted by molar-refractivity contribution is 0.0734. The molecule has 0 saturated carbocycles. The predicted octanol–water partition coefficient (Wildman–Crippen LogP) is 4.00. The van der Waals surface area contributed by atoms with Crippen molar-refractivity contribution in [1.29, 1.82) is 0 Å². The lowest BCUT2D eigenvalue weighted by atomic mass is 10.1. The number of esters is 1. The van der Waals surface area contributed by atoms with Crippen LogP contribution in [0.3, 0.4) is 0 Å². The Balaban J connectivity index is 1.62. The molecule has 8 heteroatoms. The van der Waals surface area contributed by atoms with Crippen LogP contribution in [0.25, 0.3) is 0 Å². The fraction of sp³-hybridized carbons (Fsp3) is 0.160. The van der Waals surface area contributed by atoms with Crippen molar-refractivity contribution in [3.63, 3.8) is 0 Å². The summed E-state index contributed by atoms with van der Waals surface area (Å²) in [5.41, 5.74) is 4.98. The van der Waals surface area contributed by atoms with Crippen molar-refractivity contribution in [3.8, 4) is 23.0 Å². The van der Waals surface area contributed by atoms with Crippen LogP contribution in [0.5, 0.6) is 23.0 Å². The quantitative estimate of drug-likeness (QED) is 0.242. The summed E-state index contributed by atoms with van der Waals surface area (Å²) < 4.78 is 21.1. The minimum Gasteiger partial charge on any atom is -0.493 e. The minimum absolute atomic E-state index is 0.292. The zero-order chi connectivity index (χ0) is 23.8. The molecular weight excluding hydrogens is 424 g/mol. The summed E-state index contributed by atoms with van der Waals surface area (Å²) in [6, 6.07) is 16.9. The van der Waals surface area contributed by atoms with Crippen LogP contribution < -0.4 is 24.4 Å². The van der Waals surface area contributed by atoms with E-state index in [-0.39, 0.29) is 0 Å². The van der Waals surface area contributed by atoms with Crippen molar-refractivity contribution in [3.05, 3.63) is 82.9 Å². The second-order valence-corrected chi connectivity index (χ2v) is 6.94. The highest BCUT2D eigenvalue weighted by Gasteiger charge is 2.16. The molecule has 1 N–H and O–H groups in total. The predicted molar refractivity (Wildman–Crippen MR) is 124 cm³/mol. The molecule has 3 aromatic carbocycles. The number of nitrogens with one attached hydrogen (secondary N) is 1. The number of carbonyl (C=O) groups excluding carboxylic acids is 2. The lowest BCUT2D eigenvalue weighted by Gasteiger charge is -2.13. The molecule has 0 aliphatic rings. The van der Waals surface area contributed by atoms with E-state index in [9.17, 15) is 9.59 Å². The van der Waals surface area contributed by atoms with E-state index >= 15 is 0 Å². The van der Waals surface area contributed by atoms with Gasteiger partial charge in [-0.2, -0.15) is 5.10 Å². The summed E-state index contributed by atoms with van der Waals surface area (Å²) in [5, 5.41) is 3.97. The fourth-order valence-corrected chi connectivity index (χ4v) is 2.92. The summed E-state index contributed by atoms with van der Waals surface area (Å²) in [6.07, 6.45) is 1.47. The van der Waals surface area contributed by atoms with Gasteiger partial charge in [-0.1, -0.05) is 17.7 Å². The molecular formula is C25H24N2O6. The van der Waals surface area contributed by atoms with Crippen LogP contribution in [0.15, 0.2) is 65.8 Å². The summed E-state index contributed by atoms with van der Waals surface area (Å²) in [6.45, 7) is 1.95. The van der Waals surface area contributed by atoms with Gasteiger partial charge in [0.15, 0.2) is 11.5 Å². The first-order chi connectivity index (χ1) is 15.9. The Morgan fingerprint density at radius 3 is 1.97 bits per heavy atom. The van der Waals surface area contributed by atoms with Crippen LogP contribution in [0, 0.1) is 6.92 Å². The number of amides is 1. The Kier molecular flexibility index (Phi) is 7.64. The molecule has 1 amide bonds. The zero-order valence-corrected chi connectivity index (χ0v) is 18.7. The Morgan fingerprint density at radius 1 is 0.818 bits per heavy atom. The van der Waals surface area contributed by atoms with E-state index in [1.165, 1.54) is 39.7 Å². The highest BCUT2D eigenvalue weighted by atomic mass is 16.5. The van der Waals surface area contributed by atoms with Crippen LogP contribution in [-0.4, -0.2) is 39.4 Å². The molecule has 0 atom stereocenters. The Morgan fingerprint density at radius 2 is 1.42 bits per heavy atom. The van der Waals surface area contributed by atoms with Gasteiger partial charge in [-0.3, -0.25) is 4.79 Å². The van der Waals surface area contributed by atoms with Crippen LogP contribution in [0.2, 0.25) is 0 Å². The molecule has 3 aromatic rings. The average Bonchev–Trinajstić information content (AvgIpc) is 2.84. The van der Waals surface area contributed by atoms with Gasteiger partial charge in [0.05, 0.1) is 33.1 Å². The second-order valence-electron chi connectivity index (χ2n) is 6.94. The SMILES string of the molecule is COc1cc(C(=O)N/N=C\c2ccc(OC(=O)c3ccc(C)cc3)cc2)cc(OC)c1OC. The largest absolute Gasteiger partial charge is 0.493 e. The Labute approximate surface area is 191 Å². The number of methoxy groups -OCH3 is 3. The maximum absolute atomic E-state index is 12.5. The third kappa shape index (κ3) is 5.88. The summed E-state index contributed by atoms with van der Waals surface area (Å²) >= 11 is 0. The zero-order valence-electron chi connectivity index (χ0n) is 18.7. The first-order valence-corrected chi connectivity index (χ1v) is 9.97. The number of aryl methyl sites for hydroxylation is 1.